The molecule has 0 N–H and O–H groups in total. The zero-order valence-electron chi connectivity index (χ0n) is 12.0. The van der Waals surface area contributed by atoms with E-state index in [1.165, 1.54) is 17.2 Å². The number of alkyl halides is 3. The van der Waals surface area contributed by atoms with Crippen LogP contribution in [0.3, 0.4) is 0 Å². The maximum Gasteiger partial charge on any atom is 0.419 e. The van der Waals surface area contributed by atoms with E-state index in [1.54, 1.807) is 4.90 Å². The fourth-order valence-corrected chi connectivity index (χ4v) is 2.39. The highest BCUT2D eigenvalue weighted by Gasteiger charge is 2.37. The first-order chi connectivity index (χ1) is 9.79. The minimum atomic E-state index is -4.47. The lowest BCUT2D eigenvalue weighted by atomic mass is 10.1. The van der Waals surface area contributed by atoms with Crippen molar-refractivity contribution in [2.75, 3.05) is 31.1 Å². The Morgan fingerprint density at radius 2 is 2.05 bits per heavy atom. The van der Waals surface area contributed by atoms with Crippen LogP contribution in [0, 0.1) is 5.92 Å². The van der Waals surface area contributed by atoms with Gasteiger partial charge in [0, 0.05) is 25.8 Å². The van der Waals surface area contributed by atoms with E-state index < -0.39 is 11.7 Å². The SMILES string of the molecule is CC(C)CN1CCN(c2ncccc2C(F)(F)F)CC1=O. The van der Waals surface area contributed by atoms with E-state index in [0.717, 1.165) is 6.07 Å². The largest absolute Gasteiger partial charge is 0.419 e. The highest BCUT2D eigenvalue weighted by Crippen LogP contribution is 2.35. The first-order valence-corrected chi connectivity index (χ1v) is 6.84. The molecule has 4 nitrogen and oxygen atoms in total. The third-order valence-corrected chi connectivity index (χ3v) is 3.30. The summed E-state index contributed by atoms with van der Waals surface area (Å²) in [4.78, 5) is 19.0. The van der Waals surface area contributed by atoms with Crippen LogP contribution in [0.5, 0.6) is 0 Å². The Kier molecular flexibility index (Phi) is 4.39. The van der Waals surface area contributed by atoms with Crippen molar-refractivity contribution in [3.8, 4) is 0 Å². The van der Waals surface area contributed by atoms with Crippen LogP contribution in [0.15, 0.2) is 18.3 Å². The molecule has 0 aliphatic carbocycles. The van der Waals surface area contributed by atoms with E-state index >= 15 is 0 Å². The summed E-state index contributed by atoms with van der Waals surface area (Å²) in [6.45, 7) is 5.34. The van der Waals surface area contributed by atoms with E-state index in [9.17, 15) is 18.0 Å². The lowest BCUT2D eigenvalue weighted by Crippen LogP contribution is -2.52. The zero-order chi connectivity index (χ0) is 15.6. The first-order valence-electron chi connectivity index (χ1n) is 6.84. The molecule has 0 saturated carbocycles. The number of amides is 1. The average Bonchev–Trinajstić information content (AvgIpc) is 2.40. The fourth-order valence-electron chi connectivity index (χ4n) is 2.39. The molecule has 2 heterocycles. The second-order valence-corrected chi connectivity index (χ2v) is 5.53. The summed E-state index contributed by atoms with van der Waals surface area (Å²) < 4.78 is 39.0. The third kappa shape index (κ3) is 3.65. The van der Waals surface area contributed by atoms with E-state index in [-0.39, 0.29) is 18.3 Å². The summed E-state index contributed by atoms with van der Waals surface area (Å²) in [6, 6.07) is 2.25. The molecule has 1 aliphatic heterocycles. The molecule has 0 bridgehead atoms. The van der Waals surface area contributed by atoms with Gasteiger partial charge in [-0.1, -0.05) is 13.8 Å². The van der Waals surface area contributed by atoms with E-state index in [1.807, 2.05) is 13.8 Å². The van der Waals surface area contributed by atoms with Crippen LogP contribution in [0.1, 0.15) is 19.4 Å². The third-order valence-electron chi connectivity index (χ3n) is 3.30. The summed E-state index contributed by atoms with van der Waals surface area (Å²) in [5.74, 6) is 0.0114. The molecule has 2 rings (SSSR count). The van der Waals surface area contributed by atoms with Gasteiger partial charge in [-0.15, -0.1) is 0 Å². The number of carbonyl (C=O) groups is 1. The van der Waals surface area contributed by atoms with Crippen molar-refractivity contribution in [1.82, 2.24) is 9.88 Å². The lowest BCUT2D eigenvalue weighted by molar-refractivity contribution is -0.138. The molecule has 1 aromatic heterocycles. The molecule has 1 aliphatic rings. The summed E-state index contributed by atoms with van der Waals surface area (Å²) >= 11 is 0. The number of halogens is 3. The highest BCUT2D eigenvalue weighted by molar-refractivity contribution is 5.82. The zero-order valence-corrected chi connectivity index (χ0v) is 12.0. The maximum atomic E-state index is 13.0. The average molecular weight is 301 g/mol. The molecule has 7 heteroatoms. The monoisotopic (exact) mass is 301 g/mol. The molecule has 0 unspecified atom stereocenters. The molecule has 0 spiro atoms. The van der Waals surface area contributed by atoms with Gasteiger partial charge in [-0.3, -0.25) is 4.79 Å². The second kappa shape index (κ2) is 5.91. The van der Waals surface area contributed by atoms with Gasteiger partial charge in [0.05, 0.1) is 12.1 Å². The number of hydrogen-bond acceptors (Lipinski definition) is 3. The molecule has 1 saturated heterocycles. The van der Waals surface area contributed by atoms with Crippen molar-refractivity contribution in [3.05, 3.63) is 23.9 Å². The van der Waals surface area contributed by atoms with Crippen molar-refractivity contribution in [2.45, 2.75) is 20.0 Å². The van der Waals surface area contributed by atoms with Crippen LogP contribution in [0.4, 0.5) is 19.0 Å². The van der Waals surface area contributed by atoms with Crippen LogP contribution in [-0.2, 0) is 11.0 Å². The summed E-state index contributed by atoms with van der Waals surface area (Å²) in [5.41, 5.74) is -0.796. The molecule has 1 fully saturated rings. The topological polar surface area (TPSA) is 36.4 Å². The summed E-state index contributed by atoms with van der Waals surface area (Å²) in [6.07, 6.45) is -3.16. The van der Waals surface area contributed by atoms with Crippen molar-refractivity contribution in [2.24, 2.45) is 5.92 Å². The number of hydrogen-bond donors (Lipinski definition) is 0. The Bertz CT molecular complexity index is 516. The Hall–Kier alpha value is -1.79. The van der Waals surface area contributed by atoms with Crippen molar-refractivity contribution < 1.29 is 18.0 Å². The minimum absolute atomic E-state index is 0.0627. The van der Waals surface area contributed by atoms with Gasteiger partial charge in [-0.2, -0.15) is 13.2 Å². The summed E-state index contributed by atoms with van der Waals surface area (Å²) in [7, 11) is 0. The van der Waals surface area contributed by atoms with Gasteiger partial charge >= 0.3 is 6.18 Å². The number of pyridine rings is 1. The molecule has 1 amide bonds. The molecular weight excluding hydrogens is 283 g/mol. The quantitative estimate of drug-likeness (QED) is 0.860. The van der Waals surface area contributed by atoms with Crippen LogP contribution in [0.2, 0.25) is 0 Å². The predicted octanol–water partition coefficient (Wildman–Crippen LogP) is 2.41. The molecule has 1 aromatic rings. The van der Waals surface area contributed by atoms with Gasteiger partial charge in [0.25, 0.3) is 0 Å². The van der Waals surface area contributed by atoms with Gasteiger partial charge in [-0.25, -0.2) is 4.98 Å². The Labute approximate surface area is 121 Å². The van der Waals surface area contributed by atoms with Gasteiger partial charge in [0.15, 0.2) is 0 Å². The Morgan fingerprint density at radius 1 is 1.33 bits per heavy atom. The van der Waals surface area contributed by atoms with Crippen LogP contribution < -0.4 is 4.90 Å². The van der Waals surface area contributed by atoms with Crippen molar-refractivity contribution in [3.63, 3.8) is 0 Å². The van der Waals surface area contributed by atoms with Gasteiger partial charge in [0.1, 0.15) is 5.82 Å². The van der Waals surface area contributed by atoms with E-state index in [0.29, 0.717) is 25.6 Å². The van der Waals surface area contributed by atoms with Crippen LogP contribution in [0.25, 0.3) is 0 Å². The first kappa shape index (κ1) is 15.6. The Morgan fingerprint density at radius 3 is 2.62 bits per heavy atom. The number of piperazine rings is 1. The number of nitrogens with zero attached hydrogens (tertiary/aromatic N) is 3. The molecule has 116 valence electrons. The number of carbonyl (C=O) groups excluding carboxylic acids is 1. The molecule has 0 radical (unpaired) electrons. The van der Waals surface area contributed by atoms with Gasteiger partial charge in [0.2, 0.25) is 5.91 Å². The normalized spacial score (nSPS) is 16.8. The predicted molar refractivity (Wildman–Crippen MR) is 72.9 cm³/mol. The van der Waals surface area contributed by atoms with Crippen LogP contribution >= 0.6 is 0 Å². The minimum Gasteiger partial charge on any atom is -0.345 e. The maximum absolute atomic E-state index is 13.0. The van der Waals surface area contributed by atoms with Crippen LogP contribution in [-0.4, -0.2) is 42.0 Å². The fraction of sp³-hybridized carbons (Fsp3) is 0.571. The Balaban J connectivity index is 2.17. The standard InChI is InChI=1S/C14H18F3N3O/c1-10(2)8-19-6-7-20(9-12(19)21)13-11(14(15,16)17)4-3-5-18-13/h3-5,10H,6-9H2,1-2H3. The molecule has 0 atom stereocenters. The molecule has 21 heavy (non-hydrogen) atoms. The lowest BCUT2D eigenvalue weighted by Gasteiger charge is -2.36. The number of aromatic nitrogens is 1. The van der Waals surface area contributed by atoms with Crippen molar-refractivity contribution in [1.29, 1.82) is 0 Å². The molecular formula is C14H18F3N3O. The van der Waals surface area contributed by atoms with Gasteiger partial charge in [-0.05, 0) is 18.1 Å². The van der Waals surface area contributed by atoms with E-state index in [2.05, 4.69) is 4.98 Å². The van der Waals surface area contributed by atoms with Gasteiger partial charge < -0.3 is 9.80 Å². The highest BCUT2D eigenvalue weighted by atomic mass is 19.4. The number of rotatable bonds is 3. The summed E-state index contributed by atoms with van der Waals surface area (Å²) in [5, 5.41) is 0. The smallest absolute Gasteiger partial charge is 0.345 e. The van der Waals surface area contributed by atoms with Crippen molar-refractivity contribution >= 4 is 11.7 Å². The second-order valence-electron chi connectivity index (χ2n) is 5.53. The number of anilines is 1. The molecule has 0 aromatic carbocycles. The van der Waals surface area contributed by atoms with E-state index in [4.69, 9.17) is 0 Å².